The Balaban J connectivity index is 2.25. The molecule has 0 saturated heterocycles. The van der Waals surface area contributed by atoms with Crippen molar-refractivity contribution in [2.24, 2.45) is 0 Å². The van der Waals surface area contributed by atoms with Crippen molar-refractivity contribution in [3.63, 3.8) is 0 Å². The van der Waals surface area contributed by atoms with Crippen LogP contribution in [0.25, 0.3) is 22.4 Å². The minimum atomic E-state index is -0.184. The van der Waals surface area contributed by atoms with Gasteiger partial charge in [-0.2, -0.15) is 0 Å². The fourth-order valence-electron chi connectivity index (χ4n) is 2.45. The van der Waals surface area contributed by atoms with Crippen LogP contribution in [0.15, 0.2) is 71.5 Å². The molecule has 3 nitrogen and oxygen atoms in total. The highest BCUT2D eigenvalue weighted by atomic mass is 16.5. The summed E-state index contributed by atoms with van der Waals surface area (Å²) >= 11 is 0. The summed E-state index contributed by atoms with van der Waals surface area (Å²) in [5.41, 5.74) is 2.95. The molecule has 3 aromatic rings. The van der Waals surface area contributed by atoms with Crippen molar-refractivity contribution in [3.05, 3.63) is 77.1 Å². The SMILES string of the molecule is C#CCOc1c(-c2ccccc2)cc(=O)[nH]c1-c1ccccc1. The van der Waals surface area contributed by atoms with E-state index in [9.17, 15) is 4.79 Å². The van der Waals surface area contributed by atoms with E-state index in [1.165, 1.54) is 6.07 Å². The first-order valence-corrected chi connectivity index (χ1v) is 7.24. The number of hydrogen-bond donors (Lipinski definition) is 1. The number of rotatable bonds is 4. The molecule has 0 amide bonds. The van der Waals surface area contributed by atoms with Crippen molar-refractivity contribution in [2.75, 3.05) is 6.61 Å². The minimum Gasteiger partial charge on any atom is -0.478 e. The molecule has 0 spiro atoms. The number of nitrogens with one attached hydrogen (secondary N) is 1. The molecule has 1 heterocycles. The van der Waals surface area contributed by atoms with Gasteiger partial charge in [-0.25, -0.2) is 0 Å². The summed E-state index contributed by atoms with van der Waals surface area (Å²) in [7, 11) is 0. The van der Waals surface area contributed by atoms with Crippen molar-refractivity contribution in [3.8, 4) is 40.5 Å². The van der Waals surface area contributed by atoms with Gasteiger partial charge in [-0.15, -0.1) is 6.42 Å². The van der Waals surface area contributed by atoms with E-state index in [0.29, 0.717) is 11.4 Å². The number of aromatic nitrogens is 1. The van der Waals surface area contributed by atoms with E-state index in [-0.39, 0.29) is 12.2 Å². The summed E-state index contributed by atoms with van der Waals surface area (Å²) in [5.74, 6) is 3.06. The Hall–Kier alpha value is -3.25. The van der Waals surface area contributed by atoms with Crippen LogP contribution in [0.4, 0.5) is 0 Å². The lowest BCUT2D eigenvalue weighted by atomic mass is 10.0. The van der Waals surface area contributed by atoms with Crippen LogP contribution in [0.1, 0.15) is 0 Å². The first-order valence-electron chi connectivity index (χ1n) is 7.24. The highest BCUT2D eigenvalue weighted by molar-refractivity contribution is 5.79. The lowest BCUT2D eigenvalue weighted by Crippen LogP contribution is -2.10. The monoisotopic (exact) mass is 301 g/mol. The van der Waals surface area contributed by atoms with Gasteiger partial charge < -0.3 is 9.72 Å². The van der Waals surface area contributed by atoms with Crippen LogP contribution in [-0.4, -0.2) is 11.6 Å². The normalized spacial score (nSPS) is 10.0. The van der Waals surface area contributed by atoms with Gasteiger partial charge in [-0.3, -0.25) is 4.79 Å². The molecule has 112 valence electrons. The molecule has 0 bridgehead atoms. The van der Waals surface area contributed by atoms with Crippen LogP contribution in [0, 0.1) is 12.3 Å². The van der Waals surface area contributed by atoms with E-state index in [1.54, 1.807) is 0 Å². The molecule has 0 saturated carbocycles. The zero-order valence-electron chi connectivity index (χ0n) is 12.5. The Morgan fingerprint density at radius 2 is 1.57 bits per heavy atom. The average molecular weight is 301 g/mol. The van der Waals surface area contributed by atoms with Gasteiger partial charge in [-0.05, 0) is 5.56 Å². The van der Waals surface area contributed by atoms with E-state index in [2.05, 4.69) is 10.9 Å². The molecule has 0 atom stereocenters. The smallest absolute Gasteiger partial charge is 0.249 e. The average Bonchev–Trinajstić information content (AvgIpc) is 2.61. The second-order valence-corrected chi connectivity index (χ2v) is 4.98. The molecule has 23 heavy (non-hydrogen) atoms. The molecule has 3 heteroatoms. The second-order valence-electron chi connectivity index (χ2n) is 4.98. The maximum atomic E-state index is 12.1. The molecule has 0 radical (unpaired) electrons. The summed E-state index contributed by atoms with van der Waals surface area (Å²) in [6, 6.07) is 20.8. The molecule has 0 fully saturated rings. The fourth-order valence-corrected chi connectivity index (χ4v) is 2.45. The standard InChI is InChI=1S/C20H15NO2/c1-2-13-23-20-17(15-9-5-3-6-10-15)14-18(22)21-19(20)16-11-7-4-8-12-16/h1,3-12,14H,13H2,(H,21,22). The predicted octanol–water partition coefficient (Wildman–Crippen LogP) is 3.72. The van der Waals surface area contributed by atoms with Crippen molar-refractivity contribution >= 4 is 0 Å². The number of terminal acetylenes is 1. The van der Waals surface area contributed by atoms with Crippen molar-refractivity contribution in [2.45, 2.75) is 0 Å². The van der Waals surface area contributed by atoms with Gasteiger partial charge in [0.2, 0.25) is 5.56 Å². The van der Waals surface area contributed by atoms with Crippen LogP contribution in [0.3, 0.4) is 0 Å². The van der Waals surface area contributed by atoms with Crippen LogP contribution in [0.2, 0.25) is 0 Å². The molecular weight excluding hydrogens is 286 g/mol. The van der Waals surface area contributed by atoms with Gasteiger partial charge in [-0.1, -0.05) is 66.6 Å². The lowest BCUT2D eigenvalue weighted by molar-refractivity contribution is 0.372. The highest BCUT2D eigenvalue weighted by Crippen LogP contribution is 2.36. The van der Waals surface area contributed by atoms with Crippen LogP contribution >= 0.6 is 0 Å². The predicted molar refractivity (Wildman–Crippen MR) is 92.3 cm³/mol. The summed E-state index contributed by atoms with van der Waals surface area (Å²) in [5, 5.41) is 0. The summed E-state index contributed by atoms with van der Waals surface area (Å²) in [6.45, 7) is 0.131. The Morgan fingerprint density at radius 1 is 0.957 bits per heavy atom. The van der Waals surface area contributed by atoms with Gasteiger partial charge in [0, 0.05) is 17.2 Å². The van der Waals surface area contributed by atoms with Gasteiger partial charge in [0.1, 0.15) is 6.61 Å². The van der Waals surface area contributed by atoms with Crippen molar-refractivity contribution in [1.29, 1.82) is 0 Å². The third kappa shape index (κ3) is 3.17. The first-order chi connectivity index (χ1) is 11.3. The summed E-state index contributed by atoms with van der Waals surface area (Å²) < 4.78 is 5.78. The Morgan fingerprint density at radius 3 is 2.17 bits per heavy atom. The number of aromatic amines is 1. The zero-order chi connectivity index (χ0) is 16.1. The van der Waals surface area contributed by atoms with Crippen LogP contribution in [0.5, 0.6) is 5.75 Å². The molecule has 1 aromatic heterocycles. The second kappa shape index (κ2) is 6.67. The Bertz CT molecular complexity index is 827. The lowest BCUT2D eigenvalue weighted by Gasteiger charge is -2.14. The van der Waals surface area contributed by atoms with E-state index in [0.717, 1.165) is 16.7 Å². The zero-order valence-corrected chi connectivity index (χ0v) is 12.5. The molecule has 3 rings (SSSR count). The van der Waals surface area contributed by atoms with Crippen LogP contribution < -0.4 is 10.3 Å². The topological polar surface area (TPSA) is 42.1 Å². The summed E-state index contributed by atoms with van der Waals surface area (Å²) in [6.07, 6.45) is 5.34. The number of H-pyrrole nitrogens is 1. The van der Waals surface area contributed by atoms with Gasteiger partial charge in [0.25, 0.3) is 0 Å². The third-order valence-corrected chi connectivity index (χ3v) is 3.44. The van der Waals surface area contributed by atoms with Crippen LogP contribution in [-0.2, 0) is 0 Å². The van der Waals surface area contributed by atoms with Gasteiger partial charge in [0.05, 0.1) is 5.69 Å². The molecule has 0 unspecified atom stereocenters. The molecular formula is C20H15NO2. The van der Waals surface area contributed by atoms with E-state index in [1.807, 2.05) is 60.7 Å². The maximum Gasteiger partial charge on any atom is 0.249 e. The Labute approximate surface area is 134 Å². The molecule has 1 N–H and O–H groups in total. The molecule has 2 aromatic carbocycles. The minimum absolute atomic E-state index is 0.131. The van der Waals surface area contributed by atoms with E-state index >= 15 is 0 Å². The molecule has 0 aliphatic heterocycles. The van der Waals surface area contributed by atoms with E-state index < -0.39 is 0 Å². The largest absolute Gasteiger partial charge is 0.478 e. The maximum absolute atomic E-state index is 12.1. The van der Waals surface area contributed by atoms with Gasteiger partial charge in [0.15, 0.2) is 5.75 Å². The summed E-state index contributed by atoms with van der Waals surface area (Å²) in [4.78, 5) is 15.0. The number of hydrogen-bond acceptors (Lipinski definition) is 2. The third-order valence-electron chi connectivity index (χ3n) is 3.44. The number of ether oxygens (including phenoxy) is 1. The highest BCUT2D eigenvalue weighted by Gasteiger charge is 2.15. The number of pyridine rings is 1. The molecule has 0 aliphatic carbocycles. The first kappa shape index (κ1) is 14.7. The van der Waals surface area contributed by atoms with E-state index in [4.69, 9.17) is 11.2 Å². The Kier molecular flexibility index (Phi) is 4.26. The van der Waals surface area contributed by atoms with Gasteiger partial charge >= 0.3 is 0 Å². The van der Waals surface area contributed by atoms with Crippen molar-refractivity contribution < 1.29 is 4.74 Å². The quantitative estimate of drug-likeness (QED) is 0.746. The molecule has 0 aliphatic rings. The fraction of sp³-hybridized carbons (Fsp3) is 0.0500. The number of benzene rings is 2. The van der Waals surface area contributed by atoms with Crippen molar-refractivity contribution in [1.82, 2.24) is 4.98 Å².